The summed E-state index contributed by atoms with van der Waals surface area (Å²) in [4.78, 5) is 51.4. The molecule has 35 heavy (non-hydrogen) atoms. The number of urea groups is 1. The largest absolute Gasteiger partial charge is 0.482 e. The lowest BCUT2D eigenvalue weighted by atomic mass is 9.95. The van der Waals surface area contributed by atoms with Gasteiger partial charge in [-0.1, -0.05) is 42.5 Å². The summed E-state index contributed by atoms with van der Waals surface area (Å²) in [5.74, 6) is -0.925. The number of esters is 2. The van der Waals surface area contributed by atoms with E-state index in [1.807, 2.05) is 6.07 Å². The molecule has 10 heteroatoms. The maximum absolute atomic E-state index is 12.8. The summed E-state index contributed by atoms with van der Waals surface area (Å²) in [6, 6.07) is 14.7. The van der Waals surface area contributed by atoms with Crippen LogP contribution < -0.4 is 20.3 Å². The van der Waals surface area contributed by atoms with Gasteiger partial charge in [0.05, 0.1) is 36.0 Å². The minimum atomic E-state index is -0.764. The summed E-state index contributed by atoms with van der Waals surface area (Å²) in [5, 5.41) is 5.27. The first-order valence-corrected chi connectivity index (χ1v) is 11.2. The van der Waals surface area contributed by atoms with Crippen molar-refractivity contribution in [2.24, 2.45) is 0 Å². The highest BCUT2D eigenvalue weighted by atomic mass is 16.5. The van der Waals surface area contributed by atoms with Gasteiger partial charge in [0.2, 0.25) is 0 Å². The zero-order valence-corrected chi connectivity index (χ0v) is 19.1. The Hall–Kier alpha value is -4.34. The van der Waals surface area contributed by atoms with Crippen molar-refractivity contribution in [1.82, 2.24) is 10.6 Å². The molecule has 0 fully saturated rings. The monoisotopic (exact) mass is 479 g/mol. The quantitative estimate of drug-likeness (QED) is 0.557. The van der Waals surface area contributed by atoms with E-state index in [1.54, 1.807) is 55.5 Å². The highest BCUT2D eigenvalue weighted by molar-refractivity contribution is 5.98. The summed E-state index contributed by atoms with van der Waals surface area (Å²) in [7, 11) is 0. The summed E-state index contributed by atoms with van der Waals surface area (Å²) in [6.45, 7) is 1.47. The Balaban J connectivity index is 1.47. The van der Waals surface area contributed by atoms with Gasteiger partial charge in [-0.05, 0) is 24.6 Å². The number of nitrogens with zero attached hydrogens (tertiary/aromatic N) is 1. The minimum Gasteiger partial charge on any atom is -0.482 e. The summed E-state index contributed by atoms with van der Waals surface area (Å²) >= 11 is 0. The van der Waals surface area contributed by atoms with Gasteiger partial charge in [-0.3, -0.25) is 9.59 Å². The van der Waals surface area contributed by atoms with Crippen molar-refractivity contribution in [2.45, 2.75) is 19.4 Å². The number of anilines is 1. The normalized spacial score (nSPS) is 17.1. The molecule has 1 atom stereocenters. The third kappa shape index (κ3) is 5.43. The zero-order valence-electron chi connectivity index (χ0n) is 19.1. The average molecular weight is 479 g/mol. The number of hydrogen-bond donors (Lipinski definition) is 2. The third-order valence-electron chi connectivity index (χ3n) is 5.51. The first-order valence-electron chi connectivity index (χ1n) is 11.2. The number of carbonyl (C=O) groups is 4. The number of carbonyl (C=O) groups excluding carboxylic acids is 4. The van der Waals surface area contributed by atoms with E-state index in [-0.39, 0.29) is 50.0 Å². The predicted molar refractivity (Wildman–Crippen MR) is 124 cm³/mol. The molecule has 2 aliphatic heterocycles. The van der Waals surface area contributed by atoms with Crippen LogP contribution in [0.1, 0.15) is 24.9 Å². The second-order valence-corrected chi connectivity index (χ2v) is 7.77. The van der Waals surface area contributed by atoms with Crippen molar-refractivity contribution in [1.29, 1.82) is 0 Å². The van der Waals surface area contributed by atoms with Crippen molar-refractivity contribution in [2.75, 3.05) is 31.3 Å². The molecule has 4 rings (SSSR count). The SMILES string of the molecule is CCOC(=O)C1=C(COC(=O)CCN2C(=O)COc3ccccc32)NC(=O)NC1c1ccccc1. The number of para-hydroxylation sites is 2. The lowest BCUT2D eigenvalue weighted by Gasteiger charge is -2.30. The number of hydrogen-bond acceptors (Lipinski definition) is 7. The first-order chi connectivity index (χ1) is 17.0. The molecular formula is C25H25N3O7. The molecular weight excluding hydrogens is 454 g/mol. The minimum absolute atomic E-state index is 0.0869. The maximum Gasteiger partial charge on any atom is 0.338 e. The van der Waals surface area contributed by atoms with E-state index in [0.717, 1.165) is 0 Å². The summed E-state index contributed by atoms with van der Waals surface area (Å²) < 4.78 is 16.0. The molecule has 0 radical (unpaired) electrons. The van der Waals surface area contributed by atoms with Crippen LogP contribution >= 0.6 is 0 Å². The van der Waals surface area contributed by atoms with Crippen LogP contribution in [0.25, 0.3) is 0 Å². The van der Waals surface area contributed by atoms with Gasteiger partial charge in [-0.25, -0.2) is 9.59 Å². The number of ether oxygens (including phenoxy) is 3. The van der Waals surface area contributed by atoms with Crippen LogP contribution in [0.15, 0.2) is 65.9 Å². The second-order valence-electron chi connectivity index (χ2n) is 7.77. The summed E-state index contributed by atoms with van der Waals surface area (Å²) in [6.07, 6.45) is -0.0869. The van der Waals surface area contributed by atoms with E-state index in [4.69, 9.17) is 14.2 Å². The predicted octanol–water partition coefficient (Wildman–Crippen LogP) is 2.22. The molecule has 2 N–H and O–H groups in total. The fraction of sp³-hybridized carbons (Fsp3) is 0.280. The van der Waals surface area contributed by atoms with Crippen LogP contribution in [0, 0.1) is 0 Å². The second kappa shape index (κ2) is 10.7. The first kappa shape index (κ1) is 23.8. The van der Waals surface area contributed by atoms with Crippen LogP contribution in [-0.4, -0.2) is 50.2 Å². The Labute approximate surface area is 201 Å². The van der Waals surface area contributed by atoms with Gasteiger partial charge in [-0.15, -0.1) is 0 Å². The molecule has 10 nitrogen and oxygen atoms in total. The lowest BCUT2D eigenvalue weighted by molar-refractivity contribution is -0.143. The van der Waals surface area contributed by atoms with Crippen molar-refractivity contribution < 1.29 is 33.4 Å². The molecule has 0 spiro atoms. The molecule has 0 saturated carbocycles. The highest BCUT2D eigenvalue weighted by Gasteiger charge is 2.34. The zero-order chi connectivity index (χ0) is 24.8. The molecule has 0 saturated heterocycles. The molecule has 1 unspecified atom stereocenters. The topological polar surface area (TPSA) is 123 Å². The molecule has 0 aliphatic carbocycles. The fourth-order valence-electron chi connectivity index (χ4n) is 3.90. The van der Waals surface area contributed by atoms with Gasteiger partial charge in [-0.2, -0.15) is 0 Å². The highest BCUT2D eigenvalue weighted by Crippen LogP contribution is 2.31. The van der Waals surface area contributed by atoms with Gasteiger partial charge >= 0.3 is 18.0 Å². The van der Waals surface area contributed by atoms with Gasteiger partial charge < -0.3 is 29.7 Å². The Bertz CT molecular complexity index is 1160. The smallest absolute Gasteiger partial charge is 0.338 e. The van der Waals surface area contributed by atoms with E-state index in [0.29, 0.717) is 17.0 Å². The van der Waals surface area contributed by atoms with Crippen molar-refractivity contribution in [3.63, 3.8) is 0 Å². The Kier molecular flexibility index (Phi) is 7.30. The van der Waals surface area contributed by atoms with Crippen molar-refractivity contribution >= 4 is 29.6 Å². The molecule has 2 aromatic rings. The lowest BCUT2D eigenvalue weighted by Crippen LogP contribution is -2.47. The standard InChI is InChI=1S/C25H25N3O7/c1-2-33-24(31)22-17(26-25(32)27-23(22)16-8-4-3-5-9-16)14-35-21(30)12-13-28-18-10-6-7-11-19(18)34-15-20(28)29/h3-11,23H,2,12-15H2,1H3,(H2,26,27,32). The van der Waals surface area contributed by atoms with Gasteiger partial charge in [0, 0.05) is 6.54 Å². The van der Waals surface area contributed by atoms with Crippen LogP contribution in [0.4, 0.5) is 10.5 Å². The average Bonchev–Trinajstić information content (AvgIpc) is 2.87. The van der Waals surface area contributed by atoms with E-state index >= 15 is 0 Å². The van der Waals surface area contributed by atoms with E-state index in [1.165, 1.54) is 4.90 Å². The number of benzene rings is 2. The van der Waals surface area contributed by atoms with Crippen molar-refractivity contribution in [3.8, 4) is 5.75 Å². The van der Waals surface area contributed by atoms with Gasteiger partial charge in [0.15, 0.2) is 6.61 Å². The maximum atomic E-state index is 12.8. The molecule has 0 bridgehead atoms. The molecule has 3 amide bonds. The van der Waals surface area contributed by atoms with Crippen LogP contribution in [0.5, 0.6) is 5.75 Å². The third-order valence-corrected chi connectivity index (χ3v) is 5.51. The number of nitrogens with one attached hydrogen (secondary N) is 2. The molecule has 182 valence electrons. The number of rotatable bonds is 8. The van der Waals surface area contributed by atoms with E-state index in [2.05, 4.69) is 10.6 Å². The molecule has 0 aromatic heterocycles. The van der Waals surface area contributed by atoms with Gasteiger partial charge in [0.1, 0.15) is 12.4 Å². The van der Waals surface area contributed by atoms with Crippen molar-refractivity contribution in [3.05, 3.63) is 71.4 Å². The fourth-order valence-corrected chi connectivity index (χ4v) is 3.90. The molecule has 2 aliphatic rings. The van der Waals surface area contributed by atoms with Gasteiger partial charge in [0.25, 0.3) is 5.91 Å². The van der Waals surface area contributed by atoms with E-state index in [9.17, 15) is 19.2 Å². The van der Waals surface area contributed by atoms with Crippen LogP contribution in [0.3, 0.4) is 0 Å². The Morgan fingerprint density at radius 3 is 2.57 bits per heavy atom. The van der Waals surface area contributed by atoms with Crippen LogP contribution in [0.2, 0.25) is 0 Å². The van der Waals surface area contributed by atoms with Crippen LogP contribution in [-0.2, 0) is 23.9 Å². The number of fused-ring (bicyclic) bond motifs is 1. The Morgan fingerprint density at radius 2 is 1.80 bits per heavy atom. The molecule has 2 heterocycles. The number of amides is 3. The molecule has 2 aromatic carbocycles. The van der Waals surface area contributed by atoms with E-state index < -0.39 is 24.0 Å². The Morgan fingerprint density at radius 1 is 1.06 bits per heavy atom. The summed E-state index contributed by atoms with van der Waals surface area (Å²) in [5.41, 5.74) is 1.56.